The summed E-state index contributed by atoms with van der Waals surface area (Å²) in [5.74, 6) is -15.8. The first-order valence-electron chi connectivity index (χ1n) is 27.0. The second-order valence-electron chi connectivity index (χ2n) is 20.6. The van der Waals surface area contributed by atoms with E-state index in [2.05, 4.69) is 46.7 Å². The molecule has 474 valence electrons. The van der Waals surface area contributed by atoms with Crippen LogP contribution in [0.4, 0.5) is 0 Å². The number of nitrogens with one attached hydrogen (secondary N) is 8. The number of benzene rings is 4. The van der Waals surface area contributed by atoms with Crippen LogP contribution in [0.1, 0.15) is 75.1 Å². The van der Waals surface area contributed by atoms with E-state index >= 15 is 0 Å². The number of primary amides is 1. The van der Waals surface area contributed by atoms with Crippen LogP contribution in [0.25, 0.3) is 0 Å². The number of phenolic OH excluding ortho intramolecular Hbond substituents is 2. The van der Waals surface area contributed by atoms with Gasteiger partial charge in [0, 0.05) is 39.0 Å². The lowest BCUT2D eigenvalue weighted by Crippen LogP contribution is -2.61. The minimum absolute atomic E-state index is 0.107. The highest BCUT2D eigenvalue weighted by molar-refractivity contribution is 7.81. The number of carbonyl (C=O) groups is 12. The molecule has 0 spiro atoms. The quantitative estimate of drug-likeness (QED) is 0.0240. The fourth-order valence-electron chi connectivity index (χ4n) is 8.63. The number of amides is 9. The second-order valence-corrected chi connectivity index (χ2v) is 21.7. The van der Waals surface area contributed by atoms with Gasteiger partial charge >= 0.3 is 28.3 Å². The number of aliphatic carboxylic acids is 3. The summed E-state index contributed by atoms with van der Waals surface area (Å²) in [6, 6.07) is 9.63. The fourth-order valence-corrected chi connectivity index (χ4v) is 8.99. The summed E-state index contributed by atoms with van der Waals surface area (Å²) in [6.45, 7) is 4.32. The molecule has 4 rings (SSSR count). The molecule has 0 aliphatic carbocycles. The van der Waals surface area contributed by atoms with Gasteiger partial charge in [-0.3, -0.25) is 62.1 Å². The Labute approximate surface area is 503 Å². The van der Waals surface area contributed by atoms with Crippen molar-refractivity contribution in [3.8, 4) is 17.2 Å². The zero-order chi connectivity index (χ0) is 65.4. The zero-order valence-corrected chi connectivity index (χ0v) is 48.5. The van der Waals surface area contributed by atoms with Gasteiger partial charge in [0.2, 0.25) is 53.2 Å². The van der Waals surface area contributed by atoms with Gasteiger partial charge in [-0.2, -0.15) is 8.42 Å². The number of phenols is 2. The van der Waals surface area contributed by atoms with Crippen LogP contribution < -0.4 is 52.5 Å². The van der Waals surface area contributed by atoms with Crippen LogP contribution in [0.5, 0.6) is 17.2 Å². The fraction of sp³-hybridized carbons (Fsp3) is 0.368. The maximum absolute atomic E-state index is 14.6. The third-order valence-electron chi connectivity index (χ3n) is 12.9. The van der Waals surface area contributed by atoms with E-state index in [0.717, 1.165) is 19.1 Å². The van der Waals surface area contributed by atoms with Crippen molar-refractivity contribution in [3.05, 3.63) is 125 Å². The summed E-state index contributed by atoms with van der Waals surface area (Å²) >= 11 is 0. The number of aromatic hydroxyl groups is 2. The van der Waals surface area contributed by atoms with E-state index in [-0.39, 0.29) is 41.9 Å². The minimum atomic E-state index is -5.00. The molecule has 0 saturated carbocycles. The van der Waals surface area contributed by atoms with Crippen molar-refractivity contribution in [1.82, 2.24) is 42.5 Å². The Kier molecular flexibility index (Phi) is 26.8. The zero-order valence-electron chi connectivity index (χ0n) is 47.7. The Hall–Kier alpha value is -10.2. The molecule has 0 aliphatic rings. The highest BCUT2D eigenvalue weighted by Gasteiger charge is 2.37. The van der Waals surface area contributed by atoms with Gasteiger partial charge in [-0.25, -0.2) is 0 Å². The van der Waals surface area contributed by atoms with E-state index in [0.29, 0.717) is 11.1 Å². The summed E-state index contributed by atoms with van der Waals surface area (Å²) in [5, 5.41) is 68.0. The third-order valence-corrected chi connectivity index (χ3v) is 13.3. The van der Waals surface area contributed by atoms with Gasteiger partial charge in [-0.15, -0.1) is 0 Å². The number of carbonyl (C=O) groups excluding carboxylic acids is 9. The van der Waals surface area contributed by atoms with Crippen LogP contribution in [0.2, 0.25) is 0 Å². The van der Waals surface area contributed by atoms with Gasteiger partial charge in [0.05, 0.1) is 12.8 Å². The molecule has 16 N–H and O–H groups in total. The molecule has 0 fully saturated rings. The van der Waals surface area contributed by atoms with Crippen molar-refractivity contribution in [1.29, 1.82) is 0 Å². The van der Waals surface area contributed by atoms with Crippen molar-refractivity contribution in [3.63, 3.8) is 0 Å². The average molecular weight is 1250 g/mol. The molecular weight excluding hydrogens is 1180 g/mol. The molecule has 9 amide bonds. The van der Waals surface area contributed by atoms with Gasteiger partial charge in [0.1, 0.15) is 65.6 Å². The maximum Gasteiger partial charge on any atom is 0.446 e. The van der Waals surface area contributed by atoms with E-state index in [1.807, 2.05) is 0 Å². The average Bonchev–Trinajstić information content (AvgIpc) is 3.64. The lowest BCUT2D eigenvalue weighted by Gasteiger charge is -2.28. The van der Waals surface area contributed by atoms with Crippen LogP contribution in [-0.4, -0.2) is 158 Å². The minimum Gasteiger partial charge on any atom is -0.508 e. The van der Waals surface area contributed by atoms with Crippen LogP contribution in [-0.2, 0) is 93.6 Å². The smallest absolute Gasteiger partial charge is 0.446 e. The summed E-state index contributed by atoms with van der Waals surface area (Å²) in [6.07, 6.45) is -5.13. The van der Waals surface area contributed by atoms with Crippen molar-refractivity contribution < 1.29 is 100 Å². The van der Waals surface area contributed by atoms with Gasteiger partial charge in [0.15, 0.2) is 0 Å². The number of hydrogen-bond acceptors (Lipinski definition) is 17. The molecule has 4 aromatic rings. The van der Waals surface area contributed by atoms with E-state index in [1.54, 1.807) is 44.2 Å². The summed E-state index contributed by atoms with van der Waals surface area (Å²) < 4.78 is 36.5. The maximum atomic E-state index is 14.6. The molecule has 4 aromatic carbocycles. The van der Waals surface area contributed by atoms with Crippen LogP contribution >= 0.6 is 0 Å². The number of hydrogen-bond donors (Lipinski definition) is 15. The second kappa shape index (κ2) is 33.5. The molecule has 0 aliphatic heterocycles. The summed E-state index contributed by atoms with van der Waals surface area (Å²) in [4.78, 5) is 160. The lowest BCUT2D eigenvalue weighted by molar-refractivity contribution is -0.142. The highest BCUT2D eigenvalue weighted by atomic mass is 32.3. The van der Waals surface area contributed by atoms with E-state index in [4.69, 9.17) is 5.73 Å². The number of nitrogens with two attached hydrogens (primary N) is 1. The Morgan fingerprint density at radius 3 is 1.16 bits per heavy atom. The Bertz CT molecular complexity index is 3260. The predicted molar refractivity (Wildman–Crippen MR) is 307 cm³/mol. The molecule has 88 heavy (non-hydrogen) atoms. The molecule has 0 radical (unpaired) electrons. The Morgan fingerprint density at radius 1 is 0.443 bits per heavy atom. The molecular formula is C57H69N9O21S. The molecule has 0 unspecified atom stereocenters. The topological polar surface area (TPSA) is 492 Å². The Morgan fingerprint density at radius 2 is 0.773 bits per heavy atom. The first-order valence-corrected chi connectivity index (χ1v) is 28.4. The molecule has 0 saturated heterocycles. The van der Waals surface area contributed by atoms with Crippen LogP contribution in [0.3, 0.4) is 0 Å². The van der Waals surface area contributed by atoms with Gasteiger partial charge in [-0.1, -0.05) is 80.6 Å². The van der Waals surface area contributed by atoms with Crippen molar-refractivity contribution in [2.24, 2.45) is 11.7 Å². The van der Waals surface area contributed by atoms with Crippen LogP contribution in [0, 0.1) is 5.92 Å². The van der Waals surface area contributed by atoms with E-state index in [1.165, 1.54) is 60.7 Å². The van der Waals surface area contributed by atoms with Crippen molar-refractivity contribution in [2.75, 3.05) is 0 Å². The third kappa shape index (κ3) is 25.2. The molecule has 31 heteroatoms. The van der Waals surface area contributed by atoms with Crippen molar-refractivity contribution >= 4 is 81.5 Å². The normalized spacial score (nSPS) is 13.8. The SMILES string of the molecule is CC(=O)N[C@@H](Cc1ccc(O)cc1)C(=O)N[C@@H](CCC(=O)O)C(=O)N[C@@H](Cc1ccc(OS(=O)(=O)O)cc1)C(=O)N[C@@H](CC(C)C)C(=O)N[C@@H](CC(=O)O)C(=O)N[C@@H](Cc1ccc(O)cc1)C(=O)N[C@@H](CC(=O)O)C(=O)N[C@@H](Cc1ccccc1)C(N)=O. The molecule has 30 nitrogen and oxygen atoms in total. The first-order chi connectivity index (χ1) is 41.3. The standard InChI is InChI=1S/C57H69N9O21S/c1-30(2)23-41(62-54(80)43(27-35-13-19-38(20-14-35)87-88(84,85)86)63-51(77)39(21-22-47(70)71)60-53(79)42(59-31(3)67)25-33-9-15-36(68)16-10-33)52(78)65-46(29-49(74)75)57(83)64-44(26-34-11-17-37(69)18-12-34)55(81)66-45(28-48(72)73)56(82)61-40(50(58)76)24-32-7-5-4-6-8-32/h4-20,30,39-46,68-69H,21-29H2,1-3H3,(H2,58,76)(H,59,67)(H,60,79)(H,61,82)(H,62,80)(H,63,77)(H,64,83)(H,65,78)(H,66,81)(H,70,71)(H,72,73)(H,74,75)(H,84,85,86)/t39-,40-,41-,42-,43-,44-,45-,46-/m0/s1. The highest BCUT2D eigenvalue weighted by Crippen LogP contribution is 2.18. The summed E-state index contributed by atoms with van der Waals surface area (Å²) in [5.41, 5.74) is 6.95. The van der Waals surface area contributed by atoms with Gasteiger partial charge in [0.25, 0.3) is 0 Å². The molecule has 8 atom stereocenters. The van der Waals surface area contributed by atoms with E-state index < -0.39 is 180 Å². The first kappa shape index (κ1) is 70.3. The van der Waals surface area contributed by atoms with Crippen molar-refractivity contribution in [2.45, 2.75) is 127 Å². The Balaban J connectivity index is 1.68. The van der Waals surface area contributed by atoms with Gasteiger partial charge in [-0.05, 0) is 77.4 Å². The number of carboxylic acids is 3. The lowest BCUT2D eigenvalue weighted by atomic mass is 9.99. The number of rotatable bonds is 35. The largest absolute Gasteiger partial charge is 0.508 e. The molecule has 0 heterocycles. The van der Waals surface area contributed by atoms with Crippen LogP contribution in [0.15, 0.2) is 103 Å². The summed E-state index contributed by atoms with van der Waals surface area (Å²) in [7, 11) is -5.00. The molecule has 0 bridgehead atoms. The molecule has 0 aromatic heterocycles. The van der Waals surface area contributed by atoms with E-state index in [9.17, 15) is 96.0 Å². The monoisotopic (exact) mass is 1250 g/mol. The predicted octanol–water partition coefficient (Wildman–Crippen LogP) is -1.21. The number of carboxylic acid groups (broad SMARTS) is 3. The van der Waals surface area contributed by atoms with Gasteiger partial charge < -0.3 is 78.0 Å².